The molecule has 0 spiro atoms. The highest BCUT2D eigenvalue weighted by molar-refractivity contribution is 7.89. The van der Waals surface area contributed by atoms with E-state index in [0.29, 0.717) is 37.7 Å². The quantitative estimate of drug-likeness (QED) is 0.539. The highest BCUT2D eigenvalue weighted by atomic mass is 32.2. The van der Waals surface area contributed by atoms with Crippen molar-refractivity contribution in [2.75, 3.05) is 26.2 Å². The lowest BCUT2D eigenvalue weighted by atomic mass is 9.96. The van der Waals surface area contributed by atoms with E-state index in [1.807, 2.05) is 35.5 Å². The number of amides is 1. The topological polar surface area (TPSA) is 75.5 Å². The zero-order valence-corrected chi connectivity index (χ0v) is 20.0. The van der Waals surface area contributed by atoms with Crippen molar-refractivity contribution in [3.8, 4) is 11.4 Å². The fourth-order valence-corrected chi connectivity index (χ4v) is 6.45. The number of aromatic nitrogens is 2. The van der Waals surface area contributed by atoms with Gasteiger partial charge in [0.1, 0.15) is 5.82 Å². The molecule has 2 saturated heterocycles. The highest BCUT2D eigenvalue weighted by Gasteiger charge is 2.28. The first-order valence-corrected chi connectivity index (χ1v) is 13.4. The lowest BCUT2D eigenvalue weighted by molar-refractivity contribution is 0.0683. The summed E-state index contributed by atoms with van der Waals surface area (Å²) in [6.07, 6.45) is 7.53. The van der Waals surface area contributed by atoms with Gasteiger partial charge in [-0.3, -0.25) is 4.79 Å². The number of hydrogen-bond acceptors (Lipinski definition) is 4. The number of carbonyl (C=O) groups is 1. The molecule has 0 aliphatic carbocycles. The van der Waals surface area contributed by atoms with E-state index in [9.17, 15) is 13.2 Å². The van der Waals surface area contributed by atoms with Crippen molar-refractivity contribution < 1.29 is 13.2 Å². The molecule has 7 nitrogen and oxygen atoms in total. The number of hydrogen-bond donors (Lipinski definition) is 0. The first-order chi connectivity index (χ1) is 16.5. The van der Waals surface area contributed by atoms with E-state index in [0.717, 1.165) is 43.6 Å². The maximum atomic E-state index is 13.0. The van der Waals surface area contributed by atoms with Gasteiger partial charge in [-0.2, -0.15) is 4.31 Å². The molecule has 8 heteroatoms. The van der Waals surface area contributed by atoms with Gasteiger partial charge in [0.2, 0.25) is 10.0 Å². The molecule has 3 heterocycles. The summed E-state index contributed by atoms with van der Waals surface area (Å²) in [5.41, 5.74) is 1.65. The smallest absolute Gasteiger partial charge is 0.253 e. The summed E-state index contributed by atoms with van der Waals surface area (Å²) < 4.78 is 29.2. The van der Waals surface area contributed by atoms with Crippen LogP contribution in [0.2, 0.25) is 0 Å². The molecule has 2 aliphatic heterocycles. The first kappa shape index (κ1) is 22.8. The van der Waals surface area contributed by atoms with Gasteiger partial charge in [0.05, 0.1) is 4.90 Å². The number of carbonyl (C=O) groups excluding carboxylic acids is 1. The Morgan fingerprint density at radius 2 is 1.59 bits per heavy atom. The average molecular weight is 479 g/mol. The second kappa shape index (κ2) is 9.72. The Bertz CT molecular complexity index is 1220. The molecule has 0 radical (unpaired) electrons. The number of imidazole rings is 1. The van der Waals surface area contributed by atoms with Crippen molar-refractivity contribution in [2.45, 2.75) is 37.1 Å². The number of likely N-dealkylation sites (tertiary alicyclic amines) is 1. The van der Waals surface area contributed by atoms with Crippen molar-refractivity contribution in [2.24, 2.45) is 5.92 Å². The highest BCUT2D eigenvalue weighted by Crippen LogP contribution is 2.25. The molecular weight excluding hydrogens is 448 g/mol. The minimum Gasteiger partial charge on any atom is -0.339 e. The van der Waals surface area contributed by atoms with E-state index < -0.39 is 10.0 Å². The van der Waals surface area contributed by atoms with Crippen LogP contribution in [0.4, 0.5) is 0 Å². The largest absolute Gasteiger partial charge is 0.339 e. The monoisotopic (exact) mass is 478 g/mol. The Labute approximate surface area is 201 Å². The van der Waals surface area contributed by atoms with E-state index in [4.69, 9.17) is 0 Å². The van der Waals surface area contributed by atoms with Crippen molar-refractivity contribution in [3.63, 3.8) is 0 Å². The molecule has 0 N–H and O–H groups in total. The zero-order chi connectivity index (χ0) is 23.5. The van der Waals surface area contributed by atoms with Crippen LogP contribution in [-0.4, -0.2) is 59.3 Å². The van der Waals surface area contributed by atoms with E-state index >= 15 is 0 Å². The zero-order valence-electron chi connectivity index (χ0n) is 19.2. The summed E-state index contributed by atoms with van der Waals surface area (Å²) in [6, 6.07) is 16.6. The molecule has 1 amide bonds. The van der Waals surface area contributed by atoms with Gasteiger partial charge in [-0.25, -0.2) is 13.4 Å². The minimum atomic E-state index is -3.46. The molecular formula is C26H30N4O3S. The van der Waals surface area contributed by atoms with Gasteiger partial charge in [-0.1, -0.05) is 30.3 Å². The summed E-state index contributed by atoms with van der Waals surface area (Å²) in [5.74, 6) is 1.42. The number of piperidine rings is 1. The molecule has 0 unspecified atom stereocenters. The minimum absolute atomic E-state index is 0.0313. The Morgan fingerprint density at radius 1 is 0.912 bits per heavy atom. The summed E-state index contributed by atoms with van der Waals surface area (Å²) >= 11 is 0. The van der Waals surface area contributed by atoms with E-state index in [-0.39, 0.29) is 10.8 Å². The summed E-state index contributed by atoms with van der Waals surface area (Å²) in [7, 11) is -3.46. The number of nitrogens with zero attached hydrogens (tertiary/aromatic N) is 4. The molecule has 3 aromatic rings. The standard InChI is InChI=1S/C26H30N4O3S/c31-26(23-8-10-24(11-9-23)34(32,33)30-15-4-5-16-30)28-17-12-21(13-18-28)20-29-19-14-27-25(29)22-6-2-1-3-7-22/h1-3,6-11,14,19,21H,4-5,12-13,15-18,20H2. The predicted octanol–water partition coefficient (Wildman–Crippen LogP) is 3.89. The number of sulfonamides is 1. The van der Waals surface area contributed by atoms with Crippen LogP contribution < -0.4 is 0 Å². The second-order valence-electron chi connectivity index (χ2n) is 9.14. The van der Waals surface area contributed by atoms with Crippen LogP contribution in [0.3, 0.4) is 0 Å². The van der Waals surface area contributed by atoms with Crippen LogP contribution >= 0.6 is 0 Å². The maximum absolute atomic E-state index is 13.0. The SMILES string of the molecule is O=C(c1ccc(S(=O)(=O)N2CCCC2)cc1)N1CCC(Cn2ccnc2-c2ccccc2)CC1. The van der Waals surface area contributed by atoms with Gasteiger partial charge in [0.15, 0.2) is 0 Å². The normalized spacial score (nSPS) is 17.8. The van der Waals surface area contributed by atoms with E-state index in [1.165, 1.54) is 4.31 Å². The molecule has 0 atom stereocenters. The Hall–Kier alpha value is -2.97. The molecule has 34 heavy (non-hydrogen) atoms. The molecule has 178 valence electrons. The van der Waals surface area contributed by atoms with Crippen LogP contribution in [-0.2, 0) is 16.6 Å². The van der Waals surface area contributed by atoms with Gasteiger partial charge in [-0.15, -0.1) is 0 Å². The fraction of sp³-hybridized carbons (Fsp3) is 0.385. The maximum Gasteiger partial charge on any atom is 0.253 e. The lowest BCUT2D eigenvalue weighted by Crippen LogP contribution is -2.39. The van der Waals surface area contributed by atoms with Gasteiger partial charge in [-0.05, 0) is 55.9 Å². The third-order valence-corrected chi connectivity index (χ3v) is 8.82. The van der Waals surface area contributed by atoms with Crippen molar-refractivity contribution in [1.29, 1.82) is 0 Å². The Kier molecular flexibility index (Phi) is 6.52. The van der Waals surface area contributed by atoms with Crippen LogP contribution in [0.25, 0.3) is 11.4 Å². The van der Waals surface area contributed by atoms with Crippen molar-refractivity contribution >= 4 is 15.9 Å². The van der Waals surface area contributed by atoms with Gasteiger partial charge < -0.3 is 9.47 Å². The van der Waals surface area contributed by atoms with Crippen molar-refractivity contribution in [1.82, 2.24) is 18.8 Å². The van der Waals surface area contributed by atoms with E-state index in [2.05, 4.69) is 21.7 Å². The van der Waals surface area contributed by atoms with Crippen LogP contribution in [0, 0.1) is 5.92 Å². The van der Waals surface area contributed by atoms with Crippen molar-refractivity contribution in [3.05, 3.63) is 72.6 Å². The predicted molar refractivity (Wildman–Crippen MR) is 131 cm³/mol. The lowest BCUT2D eigenvalue weighted by Gasteiger charge is -2.32. The third-order valence-electron chi connectivity index (χ3n) is 6.91. The summed E-state index contributed by atoms with van der Waals surface area (Å²) in [6.45, 7) is 3.43. The third kappa shape index (κ3) is 4.65. The van der Waals surface area contributed by atoms with Crippen LogP contribution in [0.1, 0.15) is 36.0 Å². The van der Waals surface area contributed by atoms with Crippen LogP contribution in [0.5, 0.6) is 0 Å². The van der Waals surface area contributed by atoms with Gasteiger partial charge in [0.25, 0.3) is 5.91 Å². The van der Waals surface area contributed by atoms with Crippen LogP contribution in [0.15, 0.2) is 71.9 Å². The second-order valence-corrected chi connectivity index (χ2v) is 11.1. The molecule has 2 aliphatic rings. The molecule has 5 rings (SSSR count). The molecule has 0 bridgehead atoms. The molecule has 0 saturated carbocycles. The average Bonchev–Trinajstić information content (AvgIpc) is 3.58. The first-order valence-electron chi connectivity index (χ1n) is 12.0. The summed E-state index contributed by atoms with van der Waals surface area (Å²) in [5, 5.41) is 0. The van der Waals surface area contributed by atoms with E-state index in [1.54, 1.807) is 24.3 Å². The summed E-state index contributed by atoms with van der Waals surface area (Å²) in [4.78, 5) is 19.7. The molecule has 2 aromatic carbocycles. The Balaban J connectivity index is 1.19. The van der Waals surface area contributed by atoms with Gasteiger partial charge >= 0.3 is 0 Å². The molecule has 1 aromatic heterocycles. The number of benzene rings is 2. The Morgan fingerprint density at radius 3 is 2.26 bits per heavy atom. The fourth-order valence-electron chi connectivity index (χ4n) is 4.93. The number of rotatable bonds is 6. The molecule has 2 fully saturated rings. The van der Waals surface area contributed by atoms with Gasteiger partial charge in [0, 0.05) is 56.2 Å².